The zero-order chi connectivity index (χ0) is 21.7. The van der Waals surface area contributed by atoms with Crippen LogP contribution in [0.25, 0.3) is 0 Å². The first-order chi connectivity index (χ1) is 14.3. The Kier molecular flexibility index (Phi) is 6.87. The van der Waals surface area contributed by atoms with E-state index >= 15 is 0 Å². The van der Waals surface area contributed by atoms with E-state index < -0.39 is 10.0 Å². The summed E-state index contributed by atoms with van der Waals surface area (Å²) in [5.41, 5.74) is 1.44. The van der Waals surface area contributed by atoms with E-state index in [-0.39, 0.29) is 17.2 Å². The quantitative estimate of drug-likeness (QED) is 0.515. The zero-order valence-electron chi connectivity index (χ0n) is 15.9. The molecule has 0 spiro atoms. The lowest BCUT2D eigenvalue weighted by Crippen LogP contribution is -2.16. The van der Waals surface area contributed by atoms with E-state index in [1.54, 1.807) is 54.6 Å². The molecule has 9 heteroatoms. The van der Waals surface area contributed by atoms with Gasteiger partial charge in [-0.2, -0.15) is 0 Å². The molecule has 0 aliphatic rings. The largest absolute Gasteiger partial charge is 0.497 e. The Hall–Kier alpha value is -2.74. The van der Waals surface area contributed by atoms with Gasteiger partial charge >= 0.3 is 0 Å². The van der Waals surface area contributed by atoms with E-state index in [0.29, 0.717) is 32.7 Å². The van der Waals surface area contributed by atoms with Gasteiger partial charge in [-0.1, -0.05) is 35.3 Å². The van der Waals surface area contributed by atoms with Crippen molar-refractivity contribution in [1.82, 2.24) is 0 Å². The van der Waals surface area contributed by atoms with E-state index in [0.717, 1.165) is 0 Å². The minimum Gasteiger partial charge on any atom is -0.497 e. The van der Waals surface area contributed by atoms with Crippen LogP contribution in [0.1, 0.15) is 5.56 Å². The molecule has 0 fully saturated rings. The number of hydrogen-bond acceptors (Lipinski definition) is 4. The third kappa shape index (κ3) is 5.66. The molecule has 0 aliphatic heterocycles. The number of anilines is 2. The van der Waals surface area contributed by atoms with Gasteiger partial charge in [-0.25, -0.2) is 8.42 Å². The maximum absolute atomic E-state index is 12.7. The summed E-state index contributed by atoms with van der Waals surface area (Å²) >= 11 is 11.8. The Bertz CT molecular complexity index is 1170. The third-order valence-corrected chi connectivity index (χ3v) is 6.24. The molecule has 3 aromatic rings. The molecule has 0 unspecified atom stereocenters. The Morgan fingerprint density at radius 2 is 1.67 bits per heavy atom. The van der Waals surface area contributed by atoms with Gasteiger partial charge in [0.15, 0.2) is 0 Å². The number of amides is 1. The second-order valence-electron chi connectivity index (χ2n) is 6.34. The molecule has 0 aromatic heterocycles. The zero-order valence-corrected chi connectivity index (χ0v) is 18.2. The van der Waals surface area contributed by atoms with Crippen LogP contribution >= 0.6 is 23.2 Å². The highest BCUT2D eigenvalue weighted by atomic mass is 35.5. The first kappa shape index (κ1) is 22.0. The van der Waals surface area contributed by atoms with Crippen molar-refractivity contribution in [3.05, 3.63) is 82.3 Å². The maximum Gasteiger partial charge on any atom is 0.261 e. The van der Waals surface area contributed by atoms with Crippen LogP contribution in [0.2, 0.25) is 10.0 Å². The molecule has 156 valence electrons. The average Bonchev–Trinajstić information content (AvgIpc) is 2.71. The van der Waals surface area contributed by atoms with Crippen molar-refractivity contribution in [1.29, 1.82) is 0 Å². The lowest BCUT2D eigenvalue weighted by Gasteiger charge is -2.11. The summed E-state index contributed by atoms with van der Waals surface area (Å²) in [4.78, 5) is 12.3. The highest BCUT2D eigenvalue weighted by Gasteiger charge is 2.15. The number of nitrogens with one attached hydrogen (secondary N) is 2. The van der Waals surface area contributed by atoms with Crippen molar-refractivity contribution in [2.45, 2.75) is 11.3 Å². The monoisotopic (exact) mass is 464 g/mol. The molecule has 0 saturated heterocycles. The van der Waals surface area contributed by atoms with E-state index in [1.165, 1.54) is 19.2 Å². The van der Waals surface area contributed by atoms with Crippen molar-refractivity contribution in [2.24, 2.45) is 0 Å². The first-order valence-corrected chi connectivity index (χ1v) is 11.0. The van der Waals surface area contributed by atoms with Crippen molar-refractivity contribution in [3.8, 4) is 5.75 Å². The fraction of sp³-hybridized carbons (Fsp3) is 0.0952. The van der Waals surface area contributed by atoms with Gasteiger partial charge in [-0.15, -0.1) is 0 Å². The predicted molar refractivity (Wildman–Crippen MR) is 119 cm³/mol. The smallest absolute Gasteiger partial charge is 0.261 e. The minimum atomic E-state index is -3.83. The van der Waals surface area contributed by atoms with Gasteiger partial charge in [0, 0.05) is 11.4 Å². The van der Waals surface area contributed by atoms with Crippen molar-refractivity contribution in [3.63, 3.8) is 0 Å². The maximum atomic E-state index is 12.7. The number of benzene rings is 3. The number of sulfonamides is 1. The summed E-state index contributed by atoms with van der Waals surface area (Å²) in [6, 6.07) is 17.4. The van der Waals surface area contributed by atoms with Crippen LogP contribution in [-0.2, 0) is 21.2 Å². The SMILES string of the molecule is COc1ccc(NS(=O)(=O)c2cccc(NC(=O)Cc3ccc(Cl)c(Cl)c3)c2)cc1. The molecule has 0 aliphatic carbocycles. The molecule has 3 aromatic carbocycles. The molecule has 0 atom stereocenters. The molecule has 2 N–H and O–H groups in total. The minimum absolute atomic E-state index is 0.0191. The number of rotatable bonds is 7. The molecular formula is C21H18Cl2N2O4S. The van der Waals surface area contributed by atoms with Crippen molar-refractivity contribution >= 4 is 50.5 Å². The van der Waals surface area contributed by atoms with Gasteiger partial charge < -0.3 is 10.1 Å². The van der Waals surface area contributed by atoms with Crippen LogP contribution < -0.4 is 14.8 Å². The van der Waals surface area contributed by atoms with Gasteiger partial charge in [0.2, 0.25) is 5.91 Å². The fourth-order valence-electron chi connectivity index (χ4n) is 2.65. The Morgan fingerprint density at radius 3 is 2.33 bits per heavy atom. The molecule has 3 rings (SSSR count). The number of carbonyl (C=O) groups excluding carboxylic acids is 1. The Morgan fingerprint density at radius 1 is 0.933 bits per heavy atom. The van der Waals surface area contributed by atoms with Crippen LogP contribution in [-0.4, -0.2) is 21.4 Å². The summed E-state index contributed by atoms with van der Waals surface area (Å²) in [6.45, 7) is 0. The second kappa shape index (κ2) is 9.38. The van der Waals surface area contributed by atoms with Crippen LogP contribution in [0.5, 0.6) is 5.75 Å². The van der Waals surface area contributed by atoms with E-state index in [4.69, 9.17) is 27.9 Å². The number of ether oxygens (including phenoxy) is 1. The molecular weight excluding hydrogens is 447 g/mol. The van der Waals surface area contributed by atoms with Crippen molar-refractivity contribution < 1.29 is 17.9 Å². The summed E-state index contributed by atoms with van der Waals surface area (Å²) in [5, 5.41) is 3.46. The normalized spacial score (nSPS) is 11.0. The molecule has 1 amide bonds. The predicted octanol–water partition coefficient (Wildman–Crippen LogP) is 4.98. The molecule has 6 nitrogen and oxygen atoms in total. The van der Waals surface area contributed by atoms with Crippen LogP contribution in [0, 0.1) is 0 Å². The number of carbonyl (C=O) groups is 1. The molecule has 0 radical (unpaired) electrons. The topological polar surface area (TPSA) is 84.5 Å². The highest BCUT2D eigenvalue weighted by Crippen LogP contribution is 2.24. The summed E-state index contributed by atoms with van der Waals surface area (Å²) < 4.78 is 32.9. The van der Waals surface area contributed by atoms with Crippen LogP contribution in [0.4, 0.5) is 11.4 Å². The summed E-state index contributed by atoms with van der Waals surface area (Å²) in [5.74, 6) is 0.302. The Balaban J connectivity index is 1.71. The fourth-order valence-corrected chi connectivity index (χ4v) is 4.08. The van der Waals surface area contributed by atoms with Gasteiger partial charge in [0.25, 0.3) is 10.0 Å². The average molecular weight is 465 g/mol. The molecule has 0 bridgehead atoms. The lowest BCUT2D eigenvalue weighted by molar-refractivity contribution is -0.115. The van der Waals surface area contributed by atoms with E-state index in [9.17, 15) is 13.2 Å². The van der Waals surface area contributed by atoms with E-state index in [2.05, 4.69) is 10.0 Å². The second-order valence-corrected chi connectivity index (χ2v) is 8.83. The van der Waals surface area contributed by atoms with Crippen molar-refractivity contribution in [2.75, 3.05) is 17.1 Å². The molecule has 0 heterocycles. The van der Waals surface area contributed by atoms with Crippen LogP contribution in [0.3, 0.4) is 0 Å². The van der Waals surface area contributed by atoms with Gasteiger partial charge in [0.05, 0.1) is 28.5 Å². The standard InChI is InChI=1S/C21H18Cl2N2O4S/c1-29-17-8-6-15(7-9-17)25-30(27,28)18-4-2-3-16(13-18)24-21(26)12-14-5-10-19(22)20(23)11-14/h2-11,13,25H,12H2,1H3,(H,24,26). The van der Waals surface area contributed by atoms with Gasteiger partial charge in [-0.05, 0) is 60.2 Å². The van der Waals surface area contributed by atoms with E-state index in [1.807, 2.05) is 0 Å². The molecule has 30 heavy (non-hydrogen) atoms. The summed E-state index contributed by atoms with van der Waals surface area (Å²) in [7, 11) is -2.31. The van der Waals surface area contributed by atoms with Gasteiger partial charge in [0.1, 0.15) is 5.75 Å². The Labute approximate surface area is 184 Å². The number of hydrogen-bond donors (Lipinski definition) is 2. The highest BCUT2D eigenvalue weighted by molar-refractivity contribution is 7.92. The molecule has 0 saturated carbocycles. The number of methoxy groups -OCH3 is 1. The van der Waals surface area contributed by atoms with Gasteiger partial charge in [-0.3, -0.25) is 9.52 Å². The summed E-state index contributed by atoms with van der Waals surface area (Å²) in [6.07, 6.45) is 0.0674. The first-order valence-electron chi connectivity index (χ1n) is 8.77. The third-order valence-electron chi connectivity index (χ3n) is 4.12. The lowest BCUT2D eigenvalue weighted by atomic mass is 10.1. The number of halogens is 2. The van der Waals surface area contributed by atoms with Crippen LogP contribution in [0.15, 0.2) is 71.6 Å².